The second-order valence-electron chi connectivity index (χ2n) is 19.5. The van der Waals surface area contributed by atoms with E-state index in [-0.39, 0.29) is 38.0 Å². The van der Waals surface area contributed by atoms with E-state index in [4.69, 9.17) is 14.2 Å². The van der Waals surface area contributed by atoms with Crippen LogP contribution in [-0.4, -0.2) is 37.2 Å². The molecule has 1 atom stereocenters. The molecule has 0 aliphatic heterocycles. The van der Waals surface area contributed by atoms with Crippen molar-refractivity contribution in [3.05, 3.63) is 146 Å². The highest BCUT2D eigenvalue weighted by Gasteiger charge is 2.19. The number of rotatable bonds is 53. The van der Waals surface area contributed by atoms with Crippen molar-refractivity contribution < 1.29 is 28.6 Å². The van der Waals surface area contributed by atoms with Gasteiger partial charge in [0.25, 0.3) is 0 Å². The van der Waals surface area contributed by atoms with Gasteiger partial charge >= 0.3 is 17.9 Å². The van der Waals surface area contributed by atoms with Crippen LogP contribution in [0.25, 0.3) is 0 Å². The minimum Gasteiger partial charge on any atom is -0.462 e. The van der Waals surface area contributed by atoms with Gasteiger partial charge in [0.15, 0.2) is 6.10 Å². The summed E-state index contributed by atoms with van der Waals surface area (Å²) in [4.78, 5) is 38.2. The molecule has 0 aromatic heterocycles. The Bertz CT molecular complexity index is 1660. The van der Waals surface area contributed by atoms with Crippen molar-refractivity contribution >= 4 is 17.9 Å². The highest BCUT2D eigenvalue weighted by Crippen LogP contribution is 2.15. The van der Waals surface area contributed by atoms with Crippen LogP contribution in [0.3, 0.4) is 0 Å². The largest absolute Gasteiger partial charge is 0.462 e. The Morgan fingerprint density at radius 2 is 0.520 bits per heavy atom. The molecule has 0 aliphatic carbocycles. The van der Waals surface area contributed by atoms with Crippen molar-refractivity contribution in [2.24, 2.45) is 0 Å². The number of carbonyl (C=O) groups is 3. The SMILES string of the molecule is CC/C=C\C/C=C\C/C=C\C/C=C\C/C=C\C/C=C\CCC(=O)OC[C@@H](COC(=O)CCCCCCCCCCCCCCCCCCCCC)OC(=O)CC/C=C\C/C=C\C/C=C\C/C=C\C/C=C\C/C=C\CC. The monoisotopic (exact) mass is 1030 g/mol. The second-order valence-corrected chi connectivity index (χ2v) is 19.5. The van der Waals surface area contributed by atoms with Crippen LogP contribution in [0.1, 0.15) is 252 Å². The second kappa shape index (κ2) is 61.8. The fourth-order valence-electron chi connectivity index (χ4n) is 7.91. The Kier molecular flexibility index (Phi) is 58.0. The predicted octanol–water partition coefficient (Wildman–Crippen LogP) is 20.8. The van der Waals surface area contributed by atoms with Crippen molar-refractivity contribution in [2.45, 2.75) is 258 Å². The van der Waals surface area contributed by atoms with Crippen LogP contribution in [0.5, 0.6) is 0 Å². The van der Waals surface area contributed by atoms with Crippen LogP contribution in [0.4, 0.5) is 0 Å². The number of hydrogen-bond donors (Lipinski definition) is 0. The molecule has 0 aromatic rings. The molecule has 6 heteroatoms. The number of unbranched alkanes of at least 4 members (excludes halogenated alkanes) is 18. The first kappa shape index (κ1) is 70.3. The Labute approximate surface area is 461 Å². The highest BCUT2D eigenvalue weighted by atomic mass is 16.6. The lowest BCUT2D eigenvalue weighted by Crippen LogP contribution is -2.30. The van der Waals surface area contributed by atoms with Gasteiger partial charge in [0.05, 0.1) is 0 Å². The van der Waals surface area contributed by atoms with Gasteiger partial charge < -0.3 is 14.2 Å². The van der Waals surface area contributed by atoms with Crippen molar-refractivity contribution in [1.29, 1.82) is 0 Å². The molecule has 0 amide bonds. The van der Waals surface area contributed by atoms with Crippen LogP contribution in [0, 0.1) is 0 Å². The van der Waals surface area contributed by atoms with Gasteiger partial charge in [0, 0.05) is 19.3 Å². The van der Waals surface area contributed by atoms with E-state index < -0.39 is 12.1 Å². The maximum Gasteiger partial charge on any atom is 0.306 e. The Hall–Kier alpha value is -4.71. The van der Waals surface area contributed by atoms with E-state index in [0.717, 1.165) is 96.3 Å². The summed E-state index contributed by atoms with van der Waals surface area (Å²) in [6, 6.07) is 0. The third-order valence-electron chi connectivity index (χ3n) is 12.4. The molecule has 0 heterocycles. The predicted molar refractivity (Wildman–Crippen MR) is 325 cm³/mol. The van der Waals surface area contributed by atoms with Gasteiger partial charge in [-0.1, -0.05) is 282 Å². The summed E-state index contributed by atoms with van der Waals surface area (Å²) >= 11 is 0. The molecule has 6 nitrogen and oxygen atoms in total. The molecule has 0 aliphatic rings. The van der Waals surface area contributed by atoms with E-state index in [9.17, 15) is 14.4 Å². The average Bonchev–Trinajstić information content (AvgIpc) is 3.41. The van der Waals surface area contributed by atoms with Crippen LogP contribution >= 0.6 is 0 Å². The molecule has 0 bridgehead atoms. The molecular weight excluding hydrogens is 925 g/mol. The smallest absolute Gasteiger partial charge is 0.306 e. The van der Waals surface area contributed by atoms with E-state index in [0.29, 0.717) is 19.3 Å². The Morgan fingerprint density at radius 3 is 0.813 bits per heavy atom. The van der Waals surface area contributed by atoms with Gasteiger partial charge in [-0.15, -0.1) is 0 Å². The minimum atomic E-state index is -0.855. The summed E-state index contributed by atoms with van der Waals surface area (Å²) in [6.45, 7) is 6.29. The maximum atomic E-state index is 12.9. The zero-order chi connectivity index (χ0) is 54.3. The summed E-state index contributed by atoms with van der Waals surface area (Å²) < 4.78 is 16.8. The Balaban J connectivity index is 4.60. The topological polar surface area (TPSA) is 78.9 Å². The fraction of sp³-hybridized carbons (Fsp3) is 0.609. The van der Waals surface area contributed by atoms with Gasteiger partial charge in [-0.05, 0) is 96.3 Å². The highest BCUT2D eigenvalue weighted by molar-refractivity contribution is 5.71. The lowest BCUT2D eigenvalue weighted by Gasteiger charge is -2.18. The molecule has 0 rings (SSSR count). The number of allylic oxidation sites excluding steroid dienone is 24. The molecular formula is C69H110O6. The van der Waals surface area contributed by atoms with Gasteiger partial charge in [-0.25, -0.2) is 0 Å². The van der Waals surface area contributed by atoms with Crippen molar-refractivity contribution in [3.63, 3.8) is 0 Å². The van der Waals surface area contributed by atoms with Crippen LogP contribution < -0.4 is 0 Å². The number of hydrogen-bond acceptors (Lipinski definition) is 6. The first-order valence-electron chi connectivity index (χ1n) is 30.3. The molecule has 0 radical (unpaired) electrons. The van der Waals surface area contributed by atoms with E-state index in [2.05, 4.69) is 142 Å². The first-order valence-corrected chi connectivity index (χ1v) is 30.3. The number of ether oxygens (including phenoxy) is 3. The van der Waals surface area contributed by atoms with Crippen molar-refractivity contribution in [3.8, 4) is 0 Å². The van der Waals surface area contributed by atoms with Crippen LogP contribution in [0.15, 0.2) is 146 Å². The molecule has 0 N–H and O–H groups in total. The molecule has 0 spiro atoms. The van der Waals surface area contributed by atoms with Crippen LogP contribution in [-0.2, 0) is 28.6 Å². The molecule has 0 saturated carbocycles. The number of esters is 3. The lowest BCUT2D eigenvalue weighted by atomic mass is 10.0. The van der Waals surface area contributed by atoms with Gasteiger partial charge in [0.2, 0.25) is 0 Å². The summed E-state index contributed by atoms with van der Waals surface area (Å²) in [7, 11) is 0. The number of carbonyl (C=O) groups excluding carboxylic acids is 3. The normalized spacial score (nSPS) is 13.2. The quantitative estimate of drug-likeness (QED) is 0.0261. The third-order valence-corrected chi connectivity index (χ3v) is 12.4. The standard InChI is InChI=1S/C69H110O6/c1-4-7-10-13-16-19-22-25-28-31-34-37-40-43-46-49-52-55-58-61-67(70)73-64-66(75-69(72)63-60-57-54-51-48-45-42-39-36-33-30-27-24-21-18-15-12-9-6-3)65-74-68(71)62-59-56-53-50-47-44-41-38-35-32-29-26-23-20-17-14-11-8-5-2/h7,9-10,12,16,18-19,21,25,27-28,30,34,36-37,39,43,45-46,48,52,54-55,57,66H,4-6,8,11,13-15,17,20,22-24,26,29,31-33,35,38,40-42,44,47,49-51,53,56,58-65H2,1-3H3/b10-7-,12-9-,19-16-,21-18-,28-25-,30-27-,37-34-,39-36-,46-43-,48-45-,55-52-,57-54-/t66-/m0/s1. The van der Waals surface area contributed by atoms with Crippen molar-refractivity contribution in [1.82, 2.24) is 0 Å². The molecule has 75 heavy (non-hydrogen) atoms. The van der Waals surface area contributed by atoms with E-state index in [1.807, 2.05) is 24.3 Å². The van der Waals surface area contributed by atoms with E-state index in [1.54, 1.807) is 0 Å². The van der Waals surface area contributed by atoms with Crippen molar-refractivity contribution in [2.75, 3.05) is 13.2 Å². The summed E-state index contributed by atoms with van der Waals surface area (Å²) in [5.74, 6) is -1.11. The Morgan fingerprint density at radius 1 is 0.280 bits per heavy atom. The van der Waals surface area contributed by atoms with Gasteiger partial charge in [-0.2, -0.15) is 0 Å². The molecule has 0 unspecified atom stereocenters. The summed E-state index contributed by atoms with van der Waals surface area (Å²) in [5, 5.41) is 0. The average molecular weight is 1040 g/mol. The molecule has 0 aromatic carbocycles. The lowest BCUT2D eigenvalue weighted by molar-refractivity contribution is -0.166. The third kappa shape index (κ3) is 60.0. The zero-order valence-corrected chi connectivity index (χ0v) is 48.3. The summed E-state index contributed by atoms with van der Waals surface area (Å²) in [5.41, 5.74) is 0. The maximum absolute atomic E-state index is 12.9. The molecule has 0 saturated heterocycles. The van der Waals surface area contributed by atoms with E-state index in [1.165, 1.54) is 103 Å². The molecule has 422 valence electrons. The summed E-state index contributed by atoms with van der Waals surface area (Å²) in [6.07, 6.45) is 88.7. The minimum absolute atomic E-state index is 0.135. The van der Waals surface area contributed by atoms with E-state index >= 15 is 0 Å². The first-order chi connectivity index (χ1) is 37.0. The van der Waals surface area contributed by atoms with Gasteiger partial charge in [0.1, 0.15) is 13.2 Å². The fourth-order valence-corrected chi connectivity index (χ4v) is 7.91. The van der Waals surface area contributed by atoms with Gasteiger partial charge in [-0.3, -0.25) is 14.4 Å². The molecule has 0 fully saturated rings. The zero-order valence-electron chi connectivity index (χ0n) is 48.3. The van der Waals surface area contributed by atoms with Crippen LogP contribution in [0.2, 0.25) is 0 Å².